The Morgan fingerprint density at radius 3 is 2.73 bits per heavy atom. The molecule has 0 aliphatic heterocycles. The van der Waals surface area contributed by atoms with Crippen LogP contribution in [0.15, 0.2) is 30.4 Å². The molecule has 1 rings (SSSR count). The Morgan fingerprint density at radius 2 is 2.27 bits per heavy atom. The minimum Gasteiger partial charge on any atom is -0.369 e. The first-order valence-corrected chi connectivity index (χ1v) is 4.97. The minimum absolute atomic E-state index is 0.576. The molecule has 0 saturated carbocycles. The summed E-state index contributed by atoms with van der Waals surface area (Å²) in [6, 6.07) is 7.34. The number of hydrogen-bond acceptors (Lipinski definition) is 2. The molecule has 0 heterocycles. The van der Waals surface area contributed by atoms with Gasteiger partial charge in [-0.1, -0.05) is 23.8 Å². The van der Waals surface area contributed by atoms with Gasteiger partial charge >= 0.3 is 0 Å². The van der Waals surface area contributed by atoms with Gasteiger partial charge in [0.25, 0.3) is 0 Å². The number of hydrogen-bond donors (Lipinski definition) is 0. The van der Waals surface area contributed by atoms with Crippen molar-refractivity contribution in [3.63, 3.8) is 0 Å². The minimum atomic E-state index is 0.576. The van der Waals surface area contributed by atoms with Crippen molar-refractivity contribution in [2.24, 2.45) is 0 Å². The van der Waals surface area contributed by atoms with Crippen LogP contribution in [-0.2, 0) is 0 Å². The van der Waals surface area contributed by atoms with Crippen molar-refractivity contribution in [3.05, 3.63) is 40.9 Å². The van der Waals surface area contributed by atoms with Crippen molar-refractivity contribution in [1.29, 1.82) is 5.26 Å². The van der Waals surface area contributed by atoms with Gasteiger partial charge in [-0.25, -0.2) is 0 Å². The van der Waals surface area contributed by atoms with Crippen molar-refractivity contribution in [2.75, 3.05) is 18.5 Å². The highest BCUT2D eigenvalue weighted by Crippen LogP contribution is 2.26. The maximum Gasteiger partial charge on any atom is 0.0992 e. The molecule has 15 heavy (non-hydrogen) atoms. The van der Waals surface area contributed by atoms with Crippen LogP contribution in [0.25, 0.3) is 0 Å². The van der Waals surface area contributed by atoms with E-state index in [0.717, 1.165) is 17.8 Å². The van der Waals surface area contributed by atoms with E-state index in [2.05, 4.69) is 12.6 Å². The van der Waals surface area contributed by atoms with Crippen molar-refractivity contribution < 1.29 is 0 Å². The van der Waals surface area contributed by atoms with Crippen LogP contribution < -0.4 is 4.90 Å². The lowest BCUT2D eigenvalue weighted by molar-refractivity contribution is 0.986. The predicted octanol–water partition coefficient (Wildman–Crippen LogP) is 3.22. The second-order valence-corrected chi connectivity index (χ2v) is 4.00. The molecule has 1 aromatic carbocycles. The molecule has 0 spiro atoms. The Labute approximate surface area is 95.4 Å². The molecule has 0 saturated heterocycles. The van der Waals surface area contributed by atoms with Crippen molar-refractivity contribution in [2.45, 2.75) is 6.92 Å². The first kappa shape index (κ1) is 11.6. The van der Waals surface area contributed by atoms with E-state index in [9.17, 15) is 0 Å². The summed E-state index contributed by atoms with van der Waals surface area (Å²) in [7, 11) is 1.95. The summed E-state index contributed by atoms with van der Waals surface area (Å²) < 4.78 is 0. The first-order chi connectivity index (χ1) is 7.04. The number of anilines is 1. The fourth-order valence-electron chi connectivity index (χ4n) is 1.38. The highest BCUT2D eigenvalue weighted by molar-refractivity contribution is 6.33. The van der Waals surface area contributed by atoms with Gasteiger partial charge in [0.2, 0.25) is 0 Å². The van der Waals surface area contributed by atoms with Crippen molar-refractivity contribution >= 4 is 17.3 Å². The van der Waals surface area contributed by atoms with Crippen LogP contribution in [0.3, 0.4) is 0 Å². The second-order valence-electron chi connectivity index (χ2n) is 3.59. The van der Waals surface area contributed by atoms with Gasteiger partial charge in [0.05, 0.1) is 22.3 Å². The highest BCUT2D eigenvalue weighted by Gasteiger charge is 2.06. The second kappa shape index (κ2) is 4.86. The summed E-state index contributed by atoms with van der Waals surface area (Å²) in [6.07, 6.45) is 0. The molecule has 0 bridgehead atoms. The molecule has 3 heteroatoms. The van der Waals surface area contributed by atoms with Gasteiger partial charge in [0.1, 0.15) is 0 Å². The van der Waals surface area contributed by atoms with Crippen LogP contribution in [0.1, 0.15) is 12.5 Å². The topological polar surface area (TPSA) is 27.0 Å². The lowest BCUT2D eigenvalue weighted by atomic mass is 10.2. The smallest absolute Gasteiger partial charge is 0.0992 e. The Balaban J connectivity index is 2.96. The van der Waals surface area contributed by atoms with Crippen LogP contribution in [0.2, 0.25) is 5.02 Å². The van der Waals surface area contributed by atoms with Gasteiger partial charge in [0, 0.05) is 13.6 Å². The molecule has 2 nitrogen and oxygen atoms in total. The van der Waals surface area contributed by atoms with E-state index in [0.29, 0.717) is 10.6 Å². The molecule has 0 amide bonds. The van der Waals surface area contributed by atoms with Gasteiger partial charge in [-0.3, -0.25) is 0 Å². The van der Waals surface area contributed by atoms with E-state index >= 15 is 0 Å². The Hall–Kier alpha value is -1.46. The number of nitriles is 1. The average molecular weight is 221 g/mol. The molecule has 78 valence electrons. The normalized spacial score (nSPS) is 9.47. The maximum atomic E-state index is 8.70. The first-order valence-electron chi connectivity index (χ1n) is 4.59. The molecule has 0 fully saturated rings. The van der Waals surface area contributed by atoms with E-state index < -0.39 is 0 Å². The molecule has 0 aliphatic rings. The third kappa shape index (κ3) is 3.00. The van der Waals surface area contributed by atoms with E-state index in [1.54, 1.807) is 12.1 Å². The third-order valence-electron chi connectivity index (χ3n) is 2.00. The van der Waals surface area contributed by atoms with Crippen LogP contribution in [0, 0.1) is 11.3 Å². The van der Waals surface area contributed by atoms with Crippen LogP contribution in [0.4, 0.5) is 5.69 Å². The molecular weight excluding hydrogens is 208 g/mol. The summed E-state index contributed by atoms with van der Waals surface area (Å²) in [5, 5.41) is 9.30. The summed E-state index contributed by atoms with van der Waals surface area (Å²) in [5.74, 6) is 0. The number of likely N-dealkylation sites (N-methyl/N-ethyl adjacent to an activating group) is 1. The van der Waals surface area contributed by atoms with Gasteiger partial charge in [-0.05, 0) is 25.1 Å². The van der Waals surface area contributed by atoms with Gasteiger partial charge < -0.3 is 4.90 Å². The summed E-state index contributed by atoms with van der Waals surface area (Å²) in [5.41, 5.74) is 2.56. The molecule has 0 aromatic heterocycles. The SMILES string of the molecule is C=C(C)CN(C)c1ccc(C#N)cc1Cl. The highest BCUT2D eigenvalue weighted by atomic mass is 35.5. The molecule has 0 N–H and O–H groups in total. The molecule has 0 radical (unpaired) electrons. The van der Waals surface area contributed by atoms with Gasteiger partial charge in [-0.15, -0.1) is 0 Å². The number of nitrogens with zero attached hydrogens (tertiary/aromatic N) is 2. The van der Waals surface area contributed by atoms with Crippen LogP contribution in [-0.4, -0.2) is 13.6 Å². The van der Waals surface area contributed by atoms with Crippen LogP contribution in [0.5, 0.6) is 0 Å². The average Bonchev–Trinajstić information content (AvgIpc) is 2.16. The lowest BCUT2D eigenvalue weighted by Crippen LogP contribution is -2.19. The summed E-state index contributed by atoms with van der Waals surface area (Å²) in [6.45, 7) is 6.57. The maximum absolute atomic E-state index is 8.70. The molecule has 0 unspecified atom stereocenters. The van der Waals surface area contributed by atoms with Gasteiger partial charge in [-0.2, -0.15) is 5.26 Å². The number of halogens is 1. The summed E-state index contributed by atoms with van der Waals surface area (Å²) in [4.78, 5) is 2.01. The molecule has 1 aromatic rings. The van der Waals surface area contributed by atoms with Gasteiger partial charge in [0.15, 0.2) is 0 Å². The van der Waals surface area contributed by atoms with Crippen molar-refractivity contribution in [1.82, 2.24) is 0 Å². The molecule has 0 aliphatic carbocycles. The predicted molar refractivity (Wildman–Crippen MR) is 64.3 cm³/mol. The largest absolute Gasteiger partial charge is 0.369 e. The lowest BCUT2D eigenvalue weighted by Gasteiger charge is -2.20. The fraction of sp³-hybridized carbons (Fsp3) is 0.250. The number of rotatable bonds is 3. The molecular formula is C12H13ClN2. The molecule has 0 atom stereocenters. The Bertz CT molecular complexity index is 418. The van der Waals surface area contributed by atoms with E-state index in [1.807, 2.05) is 24.9 Å². The summed E-state index contributed by atoms with van der Waals surface area (Å²) >= 11 is 6.06. The zero-order chi connectivity index (χ0) is 11.4. The van der Waals surface area contributed by atoms with Crippen LogP contribution >= 0.6 is 11.6 Å². The van der Waals surface area contributed by atoms with E-state index in [-0.39, 0.29) is 0 Å². The van der Waals surface area contributed by atoms with E-state index in [4.69, 9.17) is 16.9 Å². The Morgan fingerprint density at radius 1 is 1.60 bits per heavy atom. The fourth-order valence-corrected chi connectivity index (χ4v) is 1.70. The van der Waals surface area contributed by atoms with E-state index in [1.165, 1.54) is 0 Å². The van der Waals surface area contributed by atoms with Crippen molar-refractivity contribution in [3.8, 4) is 6.07 Å². The standard InChI is InChI=1S/C12H13ClN2/c1-9(2)8-15(3)12-5-4-10(7-14)6-11(12)13/h4-6H,1,8H2,2-3H3. The Kier molecular flexibility index (Phi) is 3.76. The quantitative estimate of drug-likeness (QED) is 0.732. The number of benzene rings is 1. The monoisotopic (exact) mass is 220 g/mol. The third-order valence-corrected chi connectivity index (χ3v) is 2.30. The zero-order valence-corrected chi connectivity index (χ0v) is 9.67. The zero-order valence-electron chi connectivity index (χ0n) is 8.92.